The van der Waals surface area contributed by atoms with Gasteiger partial charge in [-0.25, -0.2) is 8.42 Å². The minimum Gasteiger partial charge on any atom is -0.357 e. The summed E-state index contributed by atoms with van der Waals surface area (Å²) in [5.41, 5.74) is 1.33. The number of H-pyrrole nitrogens is 1. The quantitative estimate of drug-likeness (QED) is 0.806. The molecule has 1 heterocycles. The SMILES string of the molecule is CCN(CC)S(=O)(=O)c1ccc([C@H](C)NC(=O)c2ccc[nH]2)cc1. The number of benzene rings is 1. The highest BCUT2D eigenvalue weighted by molar-refractivity contribution is 7.89. The van der Waals surface area contributed by atoms with Crippen molar-refractivity contribution in [2.24, 2.45) is 0 Å². The molecule has 0 saturated heterocycles. The molecule has 1 aromatic heterocycles. The van der Waals surface area contributed by atoms with Crippen molar-refractivity contribution in [3.8, 4) is 0 Å². The summed E-state index contributed by atoms with van der Waals surface area (Å²) >= 11 is 0. The van der Waals surface area contributed by atoms with Crippen LogP contribution in [-0.4, -0.2) is 36.7 Å². The first-order valence-electron chi connectivity index (χ1n) is 7.94. The third-order valence-corrected chi connectivity index (χ3v) is 5.98. The summed E-state index contributed by atoms with van der Waals surface area (Å²) in [7, 11) is -3.46. The van der Waals surface area contributed by atoms with Crippen LogP contribution in [-0.2, 0) is 10.0 Å². The fourth-order valence-corrected chi connectivity index (χ4v) is 3.93. The largest absolute Gasteiger partial charge is 0.357 e. The second-order valence-corrected chi connectivity index (χ2v) is 7.38. The van der Waals surface area contributed by atoms with Gasteiger partial charge in [-0.05, 0) is 36.8 Å². The second-order valence-electron chi connectivity index (χ2n) is 5.44. The number of carbonyl (C=O) groups is 1. The van der Waals surface area contributed by atoms with E-state index in [1.165, 1.54) is 4.31 Å². The standard InChI is InChI=1S/C17H23N3O3S/c1-4-20(5-2)24(22,23)15-10-8-14(9-11-15)13(3)19-17(21)16-7-6-12-18-16/h6-13,18H,4-5H2,1-3H3,(H,19,21)/t13-/m0/s1. The first kappa shape index (κ1) is 18.2. The monoisotopic (exact) mass is 349 g/mol. The van der Waals surface area contributed by atoms with Gasteiger partial charge in [0.15, 0.2) is 0 Å². The number of hydrogen-bond donors (Lipinski definition) is 2. The van der Waals surface area contributed by atoms with Crippen LogP contribution in [0, 0.1) is 0 Å². The van der Waals surface area contributed by atoms with Gasteiger partial charge in [0.25, 0.3) is 5.91 Å². The lowest BCUT2D eigenvalue weighted by Crippen LogP contribution is -2.30. The van der Waals surface area contributed by atoms with Crippen LogP contribution in [0.4, 0.5) is 0 Å². The van der Waals surface area contributed by atoms with Crippen LogP contribution in [0.1, 0.15) is 42.9 Å². The molecule has 2 rings (SSSR count). The van der Waals surface area contributed by atoms with Crippen molar-refractivity contribution in [2.45, 2.75) is 31.7 Å². The molecule has 130 valence electrons. The van der Waals surface area contributed by atoms with E-state index in [9.17, 15) is 13.2 Å². The van der Waals surface area contributed by atoms with E-state index in [-0.39, 0.29) is 16.8 Å². The molecule has 0 fully saturated rings. The van der Waals surface area contributed by atoms with Crippen LogP contribution < -0.4 is 5.32 Å². The maximum Gasteiger partial charge on any atom is 0.268 e. The minimum absolute atomic E-state index is 0.202. The predicted octanol–water partition coefficient (Wildman–Crippen LogP) is 2.54. The summed E-state index contributed by atoms with van der Waals surface area (Å²) in [5.74, 6) is -0.202. The lowest BCUT2D eigenvalue weighted by atomic mass is 10.1. The zero-order valence-electron chi connectivity index (χ0n) is 14.1. The van der Waals surface area contributed by atoms with E-state index >= 15 is 0 Å². The zero-order chi connectivity index (χ0) is 17.7. The lowest BCUT2D eigenvalue weighted by molar-refractivity contribution is 0.0935. The van der Waals surface area contributed by atoms with Gasteiger partial charge in [-0.3, -0.25) is 4.79 Å². The van der Waals surface area contributed by atoms with Gasteiger partial charge in [-0.2, -0.15) is 4.31 Å². The molecule has 2 N–H and O–H groups in total. The summed E-state index contributed by atoms with van der Waals surface area (Å²) in [6, 6.07) is 9.85. The van der Waals surface area contributed by atoms with Crippen molar-refractivity contribution in [1.29, 1.82) is 0 Å². The molecule has 0 spiro atoms. The fourth-order valence-electron chi connectivity index (χ4n) is 2.47. The third-order valence-electron chi connectivity index (χ3n) is 3.91. The fraction of sp³-hybridized carbons (Fsp3) is 0.353. The Kier molecular flexibility index (Phi) is 5.80. The topological polar surface area (TPSA) is 82.3 Å². The van der Waals surface area contributed by atoms with E-state index in [2.05, 4.69) is 10.3 Å². The molecule has 1 atom stereocenters. The Balaban J connectivity index is 2.13. The van der Waals surface area contributed by atoms with Crippen molar-refractivity contribution in [2.75, 3.05) is 13.1 Å². The molecule has 0 bridgehead atoms. The van der Waals surface area contributed by atoms with Crippen LogP contribution in [0.3, 0.4) is 0 Å². The van der Waals surface area contributed by atoms with Crippen LogP contribution in [0.25, 0.3) is 0 Å². The third kappa shape index (κ3) is 3.85. The Labute approximate surface area is 142 Å². The summed E-state index contributed by atoms with van der Waals surface area (Å²) in [6.07, 6.45) is 1.69. The summed E-state index contributed by atoms with van der Waals surface area (Å²) in [4.78, 5) is 15.2. The van der Waals surface area contributed by atoms with E-state index in [4.69, 9.17) is 0 Å². The Morgan fingerprint density at radius 1 is 1.17 bits per heavy atom. The normalized spacial score (nSPS) is 13.0. The van der Waals surface area contributed by atoms with Crippen LogP contribution in [0.2, 0.25) is 0 Å². The molecule has 0 saturated carbocycles. The van der Waals surface area contributed by atoms with Gasteiger partial charge in [-0.1, -0.05) is 26.0 Å². The lowest BCUT2D eigenvalue weighted by Gasteiger charge is -2.19. The predicted molar refractivity (Wildman–Crippen MR) is 93.2 cm³/mol. The van der Waals surface area contributed by atoms with Crippen molar-refractivity contribution in [3.63, 3.8) is 0 Å². The van der Waals surface area contributed by atoms with Gasteiger partial charge >= 0.3 is 0 Å². The number of sulfonamides is 1. The molecule has 0 aliphatic carbocycles. The summed E-state index contributed by atoms with van der Waals surface area (Å²) in [6.45, 7) is 6.35. The van der Waals surface area contributed by atoms with Gasteiger partial charge in [-0.15, -0.1) is 0 Å². The molecule has 24 heavy (non-hydrogen) atoms. The number of nitrogens with zero attached hydrogens (tertiary/aromatic N) is 1. The minimum atomic E-state index is -3.46. The molecular weight excluding hydrogens is 326 g/mol. The first-order chi connectivity index (χ1) is 11.4. The van der Waals surface area contributed by atoms with Crippen molar-refractivity contribution < 1.29 is 13.2 Å². The molecule has 0 unspecified atom stereocenters. The molecule has 0 radical (unpaired) electrons. The van der Waals surface area contributed by atoms with Crippen molar-refractivity contribution >= 4 is 15.9 Å². The molecule has 1 amide bonds. The average Bonchev–Trinajstić information content (AvgIpc) is 3.10. The van der Waals surface area contributed by atoms with Gasteiger partial charge in [0.2, 0.25) is 10.0 Å². The van der Waals surface area contributed by atoms with E-state index in [0.717, 1.165) is 5.56 Å². The Morgan fingerprint density at radius 2 is 1.79 bits per heavy atom. The van der Waals surface area contributed by atoms with Crippen molar-refractivity contribution in [1.82, 2.24) is 14.6 Å². The number of nitrogens with one attached hydrogen (secondary N) is 2. The van der Waals surface area contributed by atoms with Crippen LogP contribution >= 0.6 is 0 Å². The van der Waals surface area contributed by atoms with Gasteiger partial charge in [0.1, 0.15) is 5.69 Å². The van der Waals surface area contributed by atoms with Gasteiger partial charge < -0.3 is 10.3 Å². The highest BCUT2D eigenvalue weighted by atomic mass is 32.2. The summed E-state index contributed by atoms with van der Waals surface area (Å²) in [5, 5.41) is 2.87. The van der Waals surface area contributed by atoms with Gasteiger partial charge in [0.05, 0.1) is 10.9 Å². The van der Waals surface area contributed by atoms with Crippen LogP contribution in [0.5, 0.6) is 0 Å². The molecule has 6 nitrogen and oxygen atoms in total. The van der Waals surface area contributed by atoms with E-state index in [0.29, 0.717) is 18.8 Å². The number of amides is 1. The summed E-state index contributed by atoms with van der Waals surface area (Å²) < 4.78 is 26.3. The van der Waals surface area contributed by atoms with E-state index in [1.807, 2.05) is 20.8 Å². The van der Waals surface area contributed by atoms with Gasteiger partial charge in [0, 0.05) is 19.3 Å². The Hall–Kier alpha value is -2.12. The molecule has 0 aliphatic rings. The van der Waals surface area contributed by atoms with E-state index in [1.54, 1.807) is 42.6 Å². The van der Waals surface area contributed by atoms with Crippen LogP contribution in [0.15, 0.2) is 47.5 Å². The van der Waals surface area contributed by atoms with E-state index < -0.39 is 10.0 Å². The molecular formula is C17H23N3O3S. The first-order valence-corrected chi connectivity index (χ1v) is 9.38. The molecule has 2 aromatic rings. The smallest absolute Gasteiger partial charge is 0.268 e. The highest BCUT2D eigenvalue weighted by Crippen LogP contribution is 2.19. The maximum atomic E-state index is 12.5. The average molecular weight is 349 g/mol. The number of carbonyl (C=O) groups excluding carboxylic acids is 1. The zero-order valence-corrected chi connectivity index (χ0v) is 14.9. The second kappa shape index (κ2) is 7.63. The number of hydrogen-bond acceptors (Lipinski definition) is 3. The molecule has 7 heteroatoms. The Bertz CT molecular complexity index is 764. The Morgan fingerprint density at radius 3 is 2.29 bits per heavy atom. The van der Waals surface area contributed by atoms with Crippen molar-refractivity contribution in [3.05, 3.63) is 53.9 Å². The number of rotatable bonds is 7. The molecule has 0 aliphatic heterocycles. The number of aromatic nitrogens is 1. The number of aromatic amines is 1. The molecule has 1 aromatic carbocycles. The highest BCUT2D eigenvalue weighted by Gasteiger charge is 2.21. The maximum absolute atomic E-state index is 12.5.